The van der Waals surface area contributed by atoms with Crippen molar-refractivity contribution in [3.63, 3.8) is 0 Å². The maximum absolute atomic E-state index is 11.6. The van der Waals surface area contributed by atoms with Gasteiger partial charge in [-0.2, -0.15) is 0 Å². The predicted octanol–water partition coefficient (Wildman–Crippen LogP) is 3.41. The first-order valence-electron chi connectivity index (χ1n) is 3.97. The maximum Gasteiger partial charge on any atom is 0.195 e. The molecular weight excluding hydrogens is 223 g/mol. The van der Waals surface area contributed by atoms with Crippen LogP contribution < -0.4 is 5.43 Å². The van der Waals surface area contributed by atoms with Crippen LogP contribution in [0.15, 0.2) is 27.6 Å². The van der Waals surface area contributed by atoms with Gasteiger partial charge in [0.05, 0.1) is 21.7 Å². The van der Waals surface area contributed by atoms with Gasteiger partial charge in [0.25, 0.3) is 0 Å². The van der Waals surface area contributed by atoms with Gasteiger partial charge in [-0.15, -0.1) is 0 Å². The maximum atomic E-state index is 11.6. The van der Waals surface area contributed by atoms with Gasteiger partial charge >= 0.3 is 0 Å². The molecule has 0 N–H and O–H groups in total. The first-order valence-corrected chi connectivity index (χ1v) is 4.72. The molecule has 0 unspecified atom stereocenters. The van der Waals surface area contributed by atoms with Gasteiger partial charge in [0.15, 0.2) is 5.43 Å². The average molecular weight is 229 g/mol. The van der Waals surface area contributed by atoms with E-state index in [0.717, 1.165) is 0 Å². The lowest BCUT2D eigenvalue weighted by Gasteiger charge is -2.00. The number of rotatable bonds is 0. The minimum absolute atomic E-state index is 0.0789. The molecule has 1 aromatic heterocycles. The zero-order valence-corrected chi connectivity index (χ0v) is 8.82. The Kier molecular flexibility index (Phi) is 2.25. The largest absolute Gasteiger partial charge is 0.464 e. The van der Waals surface area contributed by atoms with E-state index in [1.54, 1.807) is 13.0 Å². The molecule has 0 bridgehead atoms. The van der Waals surface area contributed by atoms with Crippen molar-refractivity contribution in [3.8, 4) is 0 Å². The van der Waals surface area contributed by atoms with E-state index in [4.69, 9.17) is 27.6 Å². The van der Waals surface area contributed by atoms with Crippen LogP contribution in [0.2, 0.25) is 10.0 Å². The summed E-state index contributed by atoms with van der Waals surface area (Å²) in [6, 6.07) is 3.07. The molecule has 2 rings (SSSR count). The second-order valence-corrected chi connectivity index (χ2v) is 3.82. The minimum Gasteiger partial charge on any atom is -0.464 e. The first kappa shape index (κ1) is 9.56. The van der Waals surface area contributed by atoms with Crippen LogP contribution in [-0.4, -0.2) is 0 Å². The number of fused-ring (bicyclic) bond motifs is 1. The van der Waals surface area contributed by atoms with Crippen molar-refractivity contribution in [2.75, 3.05) is 0 Å². The summed E-state index contributed by atoms with van der Waals surface area (Å²) in [6.45, 7) is 1.69. The van der Waals surface area contributed by atoms with Crippen molar-refractivity contribution >= 4 is 34.2 Å². The van der Waals surface area contributed by atoms with Crippen molar-refractivity contribution in [1.82, 2.24) is 0 Å². The third-order valence-corrected chi connectivity index (χ3v) is 2.71. The van der Waals surface area contributed by atoms with Gasteiger partial charge in [-0.05, 0) is 13.0 Å². The van der Waals surface area contributed by atoms with Crippen molar-refractivity contribution in [3.05, 3.63) is 44.2 Å². The van der Waals surface area contributed by atoms with E-state index < -0.39 is 0 Å². The summed E-state index contributed by atoms with van der Waals surface area (Å²) in [7, 11) is 0. The van der Waals surface area contributed by atoms with Crippen LogP contribution >= 0.6 is 23.2 Å². The normalized spacial score (nSPS) is 10.8. The topological polar surface area (TPSA) is 30.2 Å². The highest BCUT2D eigenvalue weighted by Crippen LogP contribution is 2.26. The van der Waals surface area contributed by atoms with Gasteiger partial charge in [0.1, 0.15) is 5.58 Å². The van der Waals surface area contributed by atoms with E-state index in [-0.39, 0.29) is 5.43 Å². The Balaban J connectivity index is 2.97. The van der Waals surface area contributed by atoms with Gasteiger partial charge in [-0.1, -0.05) is 23.2 Å². The molecule has 1 aromatic carbocycles. The van der Waals surface area contributed by atoms with E-state index in [1.165, 1.54) is 12.3 Å². The summed E-state index contributed by atoms with van der Waals surface area (Å²) in [4.78, 5) is 11.6. The fraction of sp³-hybridized carbons (Fsp3) is 0.100. The molecule has 0 aliphatic heterocycles. The highest BCUT2D eigenvalue weighted by Gasteiger charge is 2.07. The zero-order valence-electron chi connectivity index (χ0n) is 7.30. The molecule has 4 heteroatoms. The molecule has 0 fully saturated rings. The molecule has 72 valence electrons. The fourth-order valence-electron chi connectivity index (χ4n) is 1.22. The number of benzene rings is 1. The average Bonchev–Trinajstić information content (AvgIpc) is 2.15. The van der Waals surface area contributed by atoms with Crippen LogP contribution in [0.5, 0.6) is 0 Å². The lowest BCUT2D eigenvalue weighted by molar-refractivity contribution is 0.597. The molecule has 0 radical (unpaired) electrons. The monoisotopic (exact) mass is 228 g/mol. The molecule has 0 aliphatic rings. The molecule has 0 saturated heterocycles. The molecular formula is C10H6Cl2O2. The SMILES string of the molecule is Cc1coc2cc(Cl)c(Cl)cc2c1=O. The number of hydrogen-bond acceptors (Lipinski definition) is 2. The lowest BCUT2D eigenvalue weighted by atomic mass is 10.2. The van der Waals surface area contributed by atoms with Crippen LogP contribution in [0.1, 0.15) is 5.56 Å². The fourth-order valence-corrected chi connectivity index (χ4v) is 1.54. The van der Waals surface area contributed by atoms with Crippen LogP contribution in [0.25, 0.3) is 11.0 Å². The molecule has 0 spiro atoms. The smallest absolute Gasteiger partial charge is 0.195 e. The molecule has 0 aliphatic carbocycles. The second-order valence-electron chi connectivity index (χ2n) is 3.01. The second kappa shape index (κ2) is 3.30. The minimum atomic E-state index is -0.0789. The summed E-state index contributed by atoms with van der Waals surface area (Å²) >= 11 is 11.6. The standard InChI is InChI=1S/C10H6Cl2O2/c1-5-4-14-9-3-8(12)7(11)2-6(9)10(5)13/h2-4H,1H3. The third kappa shape index (κ3) is 1.41. The van der Waals surface area contributed by atoms with E-state index in [9.17, 15) is 4.79 Å². The predicted molar refractivity (Wildman–Crippen MR) is 57.2 cm³/mol. The van der Waals surface area contributed by atoms with E-state index in [2.05, 4.69) is 0 Å². The van der Waals surface area contributed by atoms with Gasteiger partial charge in [0.2, 0.25) is 0 Å². The Morgan fingerprint density at radius 3 is 2.57 bits per heavy atom. The Labute approximate surface area is 90.1 Å². The van der Waals surface area contributed by atoms with Gasteiger partial charge < -0.3 is 4.42 Å². The molecule has 0 atom stereocenters. The lowest BCUT2D eigenvalue weighted by Crippen LogP contribution is -2.04. The number of hydrogen-bond donors (Lipinski definition) is 0. The summed E-state index contributed by atoms with van der Waals surface area (Å²) in [5, 5.41) is 1.20. The molecule has 2 aromatic rings. The van der Waals surface area contributed by atoms with E-state index in [0.29, 0.717) is 26.6 Å². The number of aryl methyl sites for hydroxylation is 1. The molecule has 1 heterocycles. The number of halogens is 2. The van der Waals surface area contributed by atoms with Crippen LogP contribution in [-0.2, 0) is 0 Å². The van der Waals surface area contributed by atoms with Crippen LogP contribution in [0.3, 0.4) is 0 Å². The van der Waals surface area contributed by atoms with Gasteiger partial charge in [-0.25, -0.2) is 0 Å². The summed E-state index contributed by atoms with van der Waals surface area (Å²) in [5.41, 5.74) is 0.927. The first-order chi connectivity index (χ1) is 6.59. The highest BCUT2D eigenvalue weighted by molar-refractivity contribution is 6.42. The zero-order chi connectivity index (χ0) is 10.3. The highest BCUT2D eigenvalue weighted by atomic mass is 35.5. The molecule has 0 saturated carbocycles. The Bertz CT molecular complexity index is 558. The quantitative estimate of drug-likeness (QED) is 0.692. The summed E-state index contributed by atoms with van der Waals surface area (Å²) in [6.07, 6.45) is 1.41. The molecule has 2 nitrogen and oxygen atoms in total. The van der Waals surface area contributed by atoms with E-state index in [1.807, 2.05) is 0 Å². The van der Waals surface area contributed by atoms with Crippen LogP contribution in [0, 0.1) is 6.92 Å². The Hall–Kier alpha value is -0.990. The van der Waals surface area contributed by atoms with Gasteiger partial charge in [-0.3, -0.25) is 4.79 Å². The van der Waals surface area contributed by atoms with Gasteiger partial charge in [0, 0.05) is 11.6 Å². The third-order valence-electron chi connectivity index (χ3n) is 1.99. The van der Waals surface area contributed by atoms with Crippen molar-refractivity contribution < 1.29 is 4.42 Å². The van der Waals surface area contributed by atoms with Crippen molar-refractivity contribution in [2.45, 2.75) is 6.92 Å². The van der Waals surface area contributed by atoms with Crippen LogP contribution in [0.4, 0.5) is 0 Å². The summed E-state index contributed by atoms with van der Waals surface area (Å²) < 4.78 is 5.22. The molecule has 14 heavy (non-hydrogen) atoms. The van der Waals surface area contributed by atoms with E-state index >= 15 is 0 Å². The Morgan fingerprint density at radius 1 is 1.21 bits per heavy atom. The Morgan fingerprint density at radius 2 is 1.86 bits per heavy atom. The molecule has 0 amide bonds. The summed E-state index contributed by atoms with van der Waals surface area (Å²) in [5.74, 6) is 0. The van der Waals surface area contributed by atoms with Crippen molar-refractivity contribution in [2.24, 2.45) is 0 Å². The van der Waals surface area contributed by atoms with Crippen molar-refractivity contribution in [1.29, 1.82) is 0 Å².